The average Bonchev–Trinajstić information content (AvgIpc) is 2.48. The van der Waals surface area contributed by atoms with E-state index in [1.165, 1.54) is 21.7 Å². The number of anilines is 1. The Hall–Kier alpha value is -1.45. The van der Waals surface area contributed by atoms with Crippen molar-refractivity contribution in [1.82, 2.24) is 0 Å². The summed E-state index contributed by atoms with van der Waals surface area (Å²) < 4.78 is 0. The van der Waals surface area contributed by atoms with Crippen LogP contribution in [-0.4, -0.2) is 12.8 Å². The Kier molecular flexibility index (Phi) is 5.50. The molecule has 0 unspecified atom stereocenters. The van der Waals surface area contributed by atoms with E-state index in [1.54, 1.807) is 0 Å². The van der Waals surface area contributed by atoms with E-state index in [9.17, 15) is 0 Å². The molecule has 0 atom stereocenters. The zero-order valence-corrected chi connectivity index (χ0v) is 13.0. The van der Waals surface area contributed by atoms with Gasteiger partial charge in [-0.25, -0.2) is 0 Å². The molecule has 0 saturated heterocycles. The van der Waals surface area contributed by atoms with Gasteiger partial charge in [0, 0.05) is 36.3 Å². The normalized spacial score (nSPS) is 10.6. The molecule has 0 amide bonds. The molecule has 0 radical (unpaired) electrons. The molecule has 2 N–H and O–H groups in total. The van der Waals surface area contributed by atoms with Crippen molar-refractivity contribution in [2.75, 3.05) is 17.7 Å². The van der Waals surface area contributed by atoms with Crippen LogP contribution in [0.5, 0.6) is 0 Å². The number of nitrogens with zero attached hydrogens (tertiary/aromatic N) is 1. The molecule has 2 aromatic rings. The van der Waals surface area contributed by atoms with E-state index in [4.69, 9.17) is 5.73 Å². The van der Waals surface area contributed by atoms with Crippen molar-refractivity contribution in [3.8, 4) is 0 Å². The zero-order valence-electron chi connectivity index (χ0n) is 12.2. The fourth-order valence-corrected chi connectivity index (χ4v) is 3.20. The predicted molar refractivity (Wildman–Crippen MR) is 89.3 cm³/mol. The Morgan fingerprint density at radius 3 is 2.45 bits per heavy atom. The van der Waals surface area contributed by atoms with Crippen LogP contribution in [0.3, 0.4) is 0 Å². The maximum absolute atomic E-state index is 5.97. The molecule has 0 bridgehead atoms. The van der Waals surface area contributed by atoms with Crippen LogP contribution in [0.15, 0.2) is 53.4 Å². The highest BCUT2D eigenvalue weighted by Gasteiger charge is 2.11. The maximum atomic E-state index is 5.97. The molecular formula is C17H22N2S. The van der Waals surface area contributed by atoms with Crippen LogP contribution in [0.1, 0.15) is 18.1 Å². The zero-order chi connectivity index (χ0) is 14.4. The second-order valence-corrected chi connectivity index (χ2v) is 6.04. The molecular weight excluding hydrogens is 264 g/mol. The second-order valence-electron chi connectivity index (χ2n) is 4.73. The number of rotatable bonds is 6. The Labute approximate surface area is 126 Å². The van der Waals surface area contributed by atoms with Crippen molar-refractivity contribution in [2.24, 2.45) is 5.73 Å². The number of hydrogen-bond acceptors (Lipinski definition) is 3. The number of thioether (sulfide) groups is 1. The Balaban J connectivity index is 2.25. The molecule has 20 heavy (non-hydrogen) atoms. The van der Waals surface area contributed by atoms with E-state index in [0.29, 0.717) is 6.54 Å². The lowest BCUT2D eigenvalue weighted by Gasteiger charge is -2.24. The Morgan fingerprint density at radius 2 is 1.80 bits per heavy atom. The van der Waals surface area contributed by atoms with Crippen LogP contribution in [0.2, 0.25) is 0 Å². The first-order valence-electron chi connectivity index (χ1n) is 6.96. The van der Waals surface area contributed by atoms with Gasteiger partial charge in [0.2, 0.25) is 0 Å². The van der Waals surface area contributed by atoms with Crippen LogP contribution in [0.4, 0.5) is 5.69 Å². The largest absolute Gasteiger partial charge is 0.370 e. The summed E-state index contributed by atoms with van der Waals surface area (Å²) in [6.45, 7) is 3.65. The average molecular weight is 286 g/mol. The molecule has 0 aliphatic heterocycles. The van der Waals surface area contributed by atoms with Crippen LogP contribution >= 0.6 is 11.8 Å². The first kappa shape index (κ1) is 14.9. The van der Waals surface area contributed by atoms with Crippen LogP contribution in [0.25, 0.3) is 0 Å². The van der Waals surface area contributed by atoms with Gasteiger partial charge < -0.3 is 10.6 Å². The fraction of sp³-hybridized carbons (Fsp3) is 0.294. The smallest absolute Gasteiger partial charge is 0.0426 e. The van der Waals surface area contributed by atoms with Gasteiger partial charge in [0.15, 0.2) is 0 Å². The molecule has 2 rings (SSSR count). The maximum Gasteiger partial charge on any atom is 0.0426 e. The fourth-order valence-electron chi connectivity index (χ4n) is 2.35. The molecule has 0 heterocycles. The number of nitrogens with two attached hydrogens (primary N) is 1. The predicted octanol–water partition coefficient (Wildman–Crippen LogP) is 3.89. The van der Waals surface area contributed by atoms with Crippen molar-refractivity contribution >= 4 is 17.4 Å². The van der Waals surface area contributed by atoms with E-state index >= 15 is 0 Å². The van der Waals surface area contributed by atoms with Crippen LogP contribution in [0, 0.1) is 0 Å². The van der Waals surface area contributed by atoms with Crippen LogP contribution < -0.4 is 10.6 Å². The van der Waals surface area contributed by atoms with E-state index in [0.717, 1.165) is 12.3 Å². The van der Waals surface area contributed by atoms with Crippen molar-refractivity contribution in [3.05, 3.63) is 59.7 Å². The molecule has 0 aliphatic rings. The minimum absolute atomic E-state index is 0.581. The van der Waals surface area contributed by atoms with Crippen molar-refractivity contribution in [3.63, 3.8) is 0 Å². The Morgan fingerprint density at radius 1 is 1.05 bits per heavy atom. The summed E-state index contributed by atoms with van der Waals surface area (Å²) in [7, 11) is 2.13. The monoisotopic (exact) mass is 286 g/mol. The number of benzene rings is 2. The van der Waals surface area contributed by atoms with Gasteiger partial charge in [0.05, 0.1) is 0 Å². The SMILES string of the molecule is CCSc1cccc(N(C)Cc2ccccc2)c1CN. The molecule has 2 aromatic carbocycles. The lowest BCUT2D eigenvalue weighted by atomic mass is 10.1. The van der Waals surface area contributed by atoms with Crippen molar-refractivity contribution in [2.45, 2.75) is 24.9 Å². The van der Waals surface area contributed by atoms with Gasteiger partial charge in [-0.1, -0.05) is 43.3 Å². The van der Waals surface area contributed by atoms with Gasteiger partial charge in [-0.05, 0) is 23.4 Å². The van der Waals surface area contributed by atoms with Crippen LogP contribution in [-0.2, 0) is 13.1 Å². The standard InChI is InChI=1S/C17H22N2S/c1-3-20-17-11-7-10-16(15(17)12-18)19(2)13-14-8-5-4-6-9-14/h4-11H,3,12-13,18H2,1-2H3. The minimum Gasteiger partial charge on any atom is -0.370 e. The molecule has 3 heteroatoms. The molecule has 0 saturated carbocycles. The minimum atomic E-state index is 0.581. The van der Waals surface area contributed by atoms with E-state index in [1.807, 2.05) is 17.8 Å². The van der Waals surface area contributed by atoms with Crippen molar-refractivity contribution in [1.29, 1.82) is 0 Å². The van der Waals surface area contributed by atoms with Gasteiger partial charge in [-0.15, -0.1) is 11.8 Å². The summed E-state index contributed by atoms with van der Waals surface area (Å²) in [6, 6.07) is 17.0. The third-order valence-electron chi connectivity index (χ3n) is 3.29. The lowest BCUT2D eigenvalue weighted by molar-refractivity contribution is 0.894. The molecule has 0 spiro atoms. The third kappa shape index (κ3) is 3.56. The second kappa shape index (κ2) is 7.36. The van der Waals surface area contributed by atoms with E-state index in [-0.39, 0.29) is 0 Å². The summed E-state index contributed by atoms with van der Waals surface area (Å²) in [5.74, 6) is 1.07. The van der Waals surface area contributed by atoms with Gasteiger partial charge >= 0.3 is 0 Å². The highest BCUT2D eigenvalue weighted by atomic mass is 32.2. The summed E-state index contributed by atoms with van der Waals surface area (Å²) in [6.07, 6.45) is 0. The molecule has 0 aliphatic carbocycles. The summed E-state index contributed by atoms with van der Waals surface area (Å²) in [5, 5.41) is 0. The van der Waals surface area contributed by atoms with Gasteiger partial charge in [0.25, 0.3) is 0 Å². The topological polar surface area (TPSA) is 29.3 Å². The van der Waals surface area contributed by atoms with Gasteiger partial charge in [-0.3, -0.25) is 0 Å². The first-order chi connectivity index (χ1) is 9.76. The Bertz CT molecular complexity index is 540. The van der Waals surface area contributed by atoms with Gasteiger partial charge in [-0.2, -0.15) is 0 Å². The van der Waals surface area contributed by atoms with Crippen molar-refractivity contribution < 1.29 is 0 Å². The molecule has 0 fully saturated rings. The summed E-state index contributed by atoms with van der Waals surface area (Å²) in [5.41, 5.74) is 9.76. The van der Waals surface area contributed by atoms with E-state index in [2.05, 4.69) is 61.3 Å². The highest BCUT2D eigenvalue weighted by molar-refractivity contribution is 7.99. The summed E-state index contributed by atoms with van der Waals surface area (Å²) in [4.78, 5) is 3.57. The van der Waals surface area contributed by atoms with Gasteiger partial charge in [0.1, 0.15) is 0 Å². The molecule has 0 aromatic heterocycles. The van der Waals surface area contributed by atoms with E-state index < -0.39 is 0 Å². The highest BCUT2D eigenvalue weighted by Crippen LogP contribution is 2.30. The number of hydrogen-bond donors (Lipinski definition) is 1. The third-order valence-corrected chi connectivity index (χ3v) is 4.27. The molecule has 106 valence electrons. The lowest BCUT2D eigenvalue weighted by Crippen LogP contribution is -2.19. The first-order valence-corrected chi connectivity index (χ1v) is 7.94. The molecule has 2 nitrogen and oxygen atoms in total. The quantitative estimate of drug-likeness (QED) is 0.817. The summed E-state index contributed by atoms with van der Waals surface area (Å²) >= 11 is 1.86.